The van der Waals surface area contributed by atoms with Crippen molar-refractivity contribution in [2.24, 2.45) is 0 Å². The van der Waals surface area contributed by atoms with E-state index >= 15 is 0 Å². The van der Waals surface area contributed by atoms with Crippen molar-refractivity contribution in [3.63, 3.8) is 0 Å². The van der Waals surface area contributed by atoms with Gasteiger partial charge in [-0.1, -0.05) is 35.7 Å². The fraction of sp³-hybridized carbons (Fsp3) is 0.667. The molecule has 1 aromatic carbocycles. The molecule has 1 aliphatic carbocycles. The molecule has 1 saturated carbocycles. The molecule has 0 spiro atoms. The highest BCUT2D eigenvalue weighted by Crippen LogP contribution is 2.48. The zero-order chi connectivity index (χ0) is 15.6. The van der Waals surface area contributed by atoms with Crippen LogP contribution in [0.5, 0.6) is 0 Å². The van der Waals surface area contributed by atoms with Gasteiger partial charge in [0.15, 0.2) is 0 Å². The summed E-state index contributed by atoms with van der Waals surface area (Å²) in [4.78, 5) is 1.70. The highest BCUT2D eigenvalue weighted by molar-refractivity contribution is 6.42. The second kappa shape index (κ2) is 7.09. The zero-order valence-electron chi connectivity index (χ0n) is 13.3. The van der Waals surface area contributed by atoms with Crippen LogP contribution in [0.15, 0.2) is 18.2 Å². The Labute approximate surface area is 143 Å². The maximum absolute atomic E-state index is 6.26. The van der Waals surface area contributed by atoms with Crippen molar-refractivity contribution in [3.05, 3.63) is 33.8 Å². The lowest BCUT2D eigenvalue weighted by atomic mass is 9.61. The molecular weight excluding hydrogens is 317 g/mol. The number of benzene rings is 1. The number of ether oxygens (including phenoxy) is 1. The molecule has 0 radical (unpaired) electrons. The first-order chi connectivity index (χ1) is 10.7. The number of hydrogen-bond donors (Lipinski definition) is 1. The van der Waals surface area contributed by atoms with Crippen molar-refractivity contribution in [3.8, 4) is 0 Å². The topological polar surface area (TPSA) is 13.7 Å². The van der Waals surface area contributed by atoms with E-state index in [9.17, 15) is 0 Å². The molecule has 0 bridgehead atoms. The summed E-state index contributed by atoms with van der Waals surface area (Å²) >= 11 is 12.4. The van der Waals surface area contributed by atoms with Gasteiger partial charge in [0, 0.05) is 12.5 Å². The van der Waals surface area contributed by atoms with Crippen LogP contribution < -0.4 is 4.90 Å². The summed E-state index contributed by atoms with van der Waals surface area (Å²) in [6, 6.07) is 6.13. The normalized spacial score (nSPS) is 23.0. The number of halogens is 2. The van der Waals surface area contributed by atoms with E-state index in [2.05, 4.69) is 12.1 Å². The van der Waals surface area contributed by atoms with E-state index in [-0.39, 0.29) is 11.5 Å². The van der Waals surface area contributed by atoms with Crippen LogP contribution in [0.2, 0.25) is 10.0 Å². The summed E-state index contributed by atoms with van der Waals surface area (Å²) in [5, 5.41) is 1.29. The standard InChI is InChI=1S/C18H25Cl2NO/c1-22-17(13-21-10-3-2-4-11-21)18(8-5-9-18)14-6-7-15(19)16(20)12-14/h6-7,12,17H,2-5,8-11,13H2,1H3/p+1. The minimum absolute atomic E-state index is 0.132. The molecule has 1 unspecified atom stereocenters. The Morgan fingerprint density at radius 1 is 1.09 bits per heavy atom. The molecule has 1 heterocycles. The quantitative estimate of drug-likeness (QED) is 0.864. The molecule has 1 N–H and O–H groups in total. The van der Waals surface area contributed by atoms with Gasteiger partial charge in [-0.3, -0.25) is 0 Å². The average molecular weight is 343 g/mol. The van der Waals surface area contributed by atoms with Crippen LogP contribution in [0.1, 0.15) is 44.1 Å². The monoisotopic (exact) mass is 342 g/mol. The molecule has 122 valence electrons. The Morgan fingerprint density at radius 2 is 1.82 bits per heavy atom. The third kappa shape index (κ3) is 3.17. The predicted molar refractivity (Wildman–Crippen MR) is 92.2 cm³/mol. The van der Waals surface area contributed by atoms with Crippen molar-refractivity contribution < 1.29 is 9.64 Å². The van der Waals surface area contributed by atoms with Crippen LogP contribution in [0, 0.1) is 0 Å². The lowest BCUT2D eigenvalue weighted by Gasteiger charge is -2.48. The van der Waals surface area contributed by atoms with Crippen LogP contribution in [0.25, 0.3) is 0 Å². The number of likely N-dealkylation sites (tertiary alicyclic amines) is 1. The predicted octanol–water partition coefficient (Wildman–Crippen LogP) is 3.50. The van der Waals surface area contributed by atoms with Gasteiger partial charge in [0.2, 0.25) is 0 Å². The molecule has 22 heavy (non-hydrogen) atoms. The van der Waals surface area contributed by atoms with Crippen molar-refractivity contribution in [2.45, 2.75) is 50.0 Å². The van der Waals surface area contributed by atoms with Crippen LogP contribution in [-0.2, 0) is 10.2 Å². The number of hydrogen-bond acceptors (Lipinski definition) is 1. The molecule has 2 nitrogen and oxygen atoms in total. The summed E-state index contributed by atoms with van der Waals surface area (Å²) in [6.07, 6.45) is 8.02. The smallest absolute Gasteiger partial charge is 0.115 e. The van der Waals surface area contributed by atoms with Gasteiger partial charge in [-0.05, 0) is 49.8 Å². The lowest BCUT2D eigenvalue weighted by molar-refractivity contribution is -0.908. The molecule has 0 amide bonds. The fourth-order valence-corrected chi connectivity index (χ4v) is 4.48. The Hall–Kier alpha value is -0.280. The molecule has 0 aromatic heterocycles. The highest BCUT2D eigenvalue weighted by atomic mass is 35.5. The second-order valence-corrected chi connectivity index (χ2v) is 7.69. The SMILES string of the molecule is COC(C[NH+]1CCCCC1)C1(c2ccc(Cl)c(Cl)c2)CCC1. The molecular formula is C18H26Cl2NO+. The number of methoxy groups -OCH3 is 1. The van der Waals surface area contributed by atoms with Crippen LogP contribution in [-0.4, -0.2) is 32.8 Å². The van der Waals surface area contributed by atoms with Gasteiger partial charge < -0.3 is 9.64 Å². The van der Waals surface area contributed by atoms with Crippen LogP contribution in [0.4, 0.5) is 0 Å². The number of rotatable bonds is 5. The molecule has 1 aliphatic heterocycles. The number of nitrogens with one attached hydrogen (secondary N) is 1. The van der Waals surface area contributed by atoms with Crippen LogP contribution in [0.3, 0.4) is 0 Å². The molecule has 1 aromatic rings. The van der Waals surface area contributed by atoms with E-state index in [4.69, 9.17) is 27.9 Å². The molecule has 1 saturated heterocycles. The summed E-state index contributed by atoms with van der Waals surface area (Å²) < 4.78 is 5.99. The van der Waals surface area contributed by atoms with E-state index in [1.54, 1.807) is 4.90 Å². The summed E-state index contributed by atoms with van der Waals surface area (Å²) in [6.45, 7) is 3.69. The first-order valence-electron chi connectivity index (χ1n) is 8.47. The minimum atomic E-state index is 0.132. The summed E-state index contributed by atoms with van der Waals surface area (Å²) in [5.74, 6) is 0. The third-order valence-electron chi connectivity index (χ3n) is 5.68. The maximum Gasteiger partial charge on any atom is 0.115 e. The second-order valence-electron chi connectivity index (χ2n) is 6.88. The summed E-state index contributed by atoms with van der Waals surface area (Å²) in [5.41, 5.74) is 1.43. The van der Waals surface area contributed by atoms with Gasteiger partial charge in [0.05, 0.1) is 23.1 Å². The van der Waals surface area contributed by atoms with Gasteiger partial charge in [-0.15, -0.1) is 0 Å². The molecule has 4 heteroatoms. The molecule has 3 rings (SSSR count). The average Bonchev–Trinajstić information content (AvgIpc) is 2.49. The number of quaternary nitrogens is 1. The zero-order valence-corrected chi connectivity index (χ0v) is 14.8. The first-order valence-corrected chi connectivity index (χ1v) is 9.23. The Morgan fingerprint density at radius 3 is 2.36 bits per heavy atom. The first kappa shape index (κ1) is 16.6. The number of piperidine rings is 1. The van der Waals surface area contributed by atoms with Crippen molar-refractivity contribution >= 4 is 23.2 Å². The van der Waals surface area contributed by atoms with E-state index in [0.717, 1.165) is 6.54 Å². The van der Waals surface area contributed by atoms with Gasteiger partial charge >= 0.3 is 0 Å². The Balaban J connectivity index is 1.81. The van der Waals surface area contributed by atoms with E-state index in [1.807, 2.05) is 13.2 Å². The van der Waals surface area contributed by atoms with Gasteiger partial charge in [0.1, 0.15) is 12.6 Å². The van der Waals surface area contributed by atoms with E-state index in [0.29, 0.717) is 10.0 Å². The molecule has 1 atom stereocenters. The van der Waals surface area contributed by atoms with Crippen molar-refractivity contribution in [1.29, 1.82) is 0 Å². The van der Waals surface area contributed by atoms with E-state index in [1.165, 1.54) is 57.2 Å². The maximum atomic E-state index is 6.26. The highest BCUT2D eigenvalue weighted by Gasteiger charge is 2.47. The van der Waals surface area contributed by atoms with Crippen molar-refractivity contribution in [1.82, 2.24) is 0 Å². The van der Waals surface area contributed by atoms with Crippen LogP contribution >= 0.6 is 23.2 Å². The van der Waals surface area contributed by atoms with Crippen molar-refractivity contribution in [2.75, 3.05) is 26.7 Å². The van der Waals surface area contributed by atoms with Gasteiger partial charge in [0.25, 0.3) is 0 Å². The molecule has 2 aliphatic rings. The Bertz CT molecular complexity index is 510. The minimum Gasteiger partial charge on any atom is -0.375 e. The fourth-order valence-electron chi connectivity index (χ4n) is 4.18. The van der Waals surface area contributed by atoms with Gasteiger partial charge in [-0.25, -0.2) is 0 Å². The van der Waals surface area contributed by atoms with E-state index < -0.39 is 0 Å². The van der Waals surface area contributed by atoms with Gasteiger partial charge in [-0.2, -0.15) is 0 Å². The largest absolute Gasteiger partial charge is 0.375 e. The molecule has 2 fully saturated rings. The Kier molecular flexibility index (Phi) is 5.34. The summed E-state index contributed by atoms with van der Waals surface area (Å²) in [7, 11) is 1.87. The third-order valence-corrected chi connectivity index (χ3v) is 6.41. The lowest BCUT2D eigenvalue weighted by Crippen LogP contribution is -3.14.